The molecule has 1 saturated carbocycles. The zero-order valence-corrected chi connectivity index (χ0v) is 21.2. The zero-order valence-electron chi connectivity index (χ0n) is 21.2. The predicted octanol–water partition coefficient (Wildman–Crippen LogP) is 1.82. The first-order valence-electron chi connectivity index (χ1n) is 12.1. The van der Waals surface area contributed by atoms with Crippen LogP contribution in [0.5, 0.6) is 11.5 Å². The third-order valence-electron chi connectivity index (χ3n) is 5.93. The van der Waals surface area contributed by atoms with Crippen molar-refractivity contribution < 1.29 is 23.9 Å². The van der Waals surface area contributed by atoms with Crippen LogP contribution in [0.4, 0.5) is 5.69 Å². The summed E-state index contributed by atoms with van der Waals surface area (Å²) in [5.74, 6) is 0.451. The van der Waals surface area contributed by atoms with E-state index in [1.54, 1.807) is 48.5 Å². The van der Waals surface area contributed by atoms with E-state index in [2.05, 4.69) is 21.0 Å². The summed E-state index contributed by atoms with van der Waals surface area (Å²) in [6.45, 7) is 0.0882. The van der Waals surface area contributed by atoms with Gasteiger partial charge in [0.25, 0.3) is 11.5 Å². The van der Waals surface area contributed by atoms with Crippen molar-refractivity contribution in [3.8, 4) is 22.8 Å². The molecular formula is C27H29N5O6. The molecule has 3 N–H and O–H groups in total. The lowest BCUT2D eigenvalue weighted by molar-refractivity contribution is -0.122. The van der Waals surface area contributed by atoms with Gasteiger partial charge in [-0.2, -0.15) is 5.10 Å². The Labute approximate surface area is 219 Å². The van der Waals surface area contributed by atoms with E-state index in [0.29, 0.717) is 34.0 Å². The summed E-state index contributed by atoms with van der Waals surface area (Å²) in [4.78, 5) is 48.8. The van der Waals surface area contributed by atoms with Crippen molar-refractivity contribution in [3.05, 3.63) is 70.5 Å². The third kappa shape index (κ3) is 6.75. The molecule has 38 heavy (non-hydrogen) atoms. The normalized spacial score (nSPS) is 12.4. The zero-order chi connectivity index (χ0) is 27.1. The number of rotatable bonds is 11. The van der Waals surface area contributed by atoms with Crippen molar-refractivity contribution in [2.24, 2.45) is 5.92 Å². The van der Waals surface area contributed by atoms with Crippen LogP contribution in [-0.4, -0.2) is 54.8 Å². The van der Waals surface area contributed by atoms with E-state index in [9.17, 15) is 19.2 Å². The monoisotopic (exact) mass is 519 g/mol. The van der Waals surface area contributed by atoms with Crippen molar-refractivity contribution in [1.82, 2.24) is 20.4 Å². The number of anilines is 1. The number of nitrogens with one attached hydrogen (secondary N) is 3. The highest BCUT2D eigenvalue weighted by atomic mass is 16.5. The van der Waals surface area contributed by atoms with Crippen LogP contribution in [0, 0.1) is 5.92 Å². The summed E-state index contributed by atoms with van der Waals surface area (Å²) in [5.41, 5.74) is 1.84. The highest BCUT2D eigenvalue weighted by Gasteiger charge is 2.29. The molecule has 0 unspecified atom stereocenters. The van der Waals surface area contributed by atoms with Gasteiger partial charge in [0.15, 0.2) is 11.5 Å². The van der Waals surface area contributed by atoms with Gasteiger partial charge >= 0.3 is 0 Å². The fraction of sp³-hybridized carbons (Fsp3) is 0.296. The van der Waals surface area contributed by atoms with Crippen LogP contribution in [0.25, 0.3) is 11.3 Å². The SMILES string of the molecule is COc1ccc(-c2ccc(=O)n(CC(=O)NCCNC(=O)c3ccc(NC(=O)C4CC4)cc3)n2)cc1OC. The minimum Gasteiger partial charge on any atom is -0.493 e. The molecule has 0 atom stereocenters. The first kappa shape index (κ1) is 26.4. The van der Waals surface area contributed by atoms with Gasteiger partial charge in [-0.05, 0) is 61.4 Å². The maximum absolute atomic E-state index is 12.4. The number of hydrogen-bond donors (Lipinski definition) is 3. The average Bonchev–Trinajstić information content (AvgIpc) is 3.78. The second-order valence-corrected chi connectivity index (χ2v) is 8.73. The van der Waals surface area contributed by atoms with Crippen molar-refractivity contribution in [1.29, 1.82) is 0 Å². The Balaban J connectivity index is 1.25. The van der Waals surface area contributed by atoms with Crippen LogP contribution in [0.15, 0.2) is 59.4 Å². The van der Waals surface area contributed by atoms with Gasteiger partial charge in [0.2, 0.25) is 11.8 Å². The number of carbonyl (C=O) groups is 3. The molecule has 3 amide bonds. The van der Waals surface area contributed by atoms with Crippen molar-refractivity contribution in [3.63, 3.8) is 0 Å². The standard InChI is InChI=1S/C27H29N5O6/c1-37-22-11-7-19(15-23(22)38-2)21-10-12-25(34)32(31-21)16-24(33)28-13-14-29-26(35)17-5-8-20(9-6-17)30-27(36)18-3-4-18/h5-12,15,18H,3-4,13-14,16H2,1-2H3,(H,28,33)(H,29,35)(H,30,36). The van der Waals surface area contributed by atoms with E-state index < -0.39 is 11.5 Å². The van der Waals surface area contributed by atoms with Crippen LogP contribution >= 0.6 is 0 Å². The van der Waals surface area contributed by atoms with Crippen LogP contribution in [0.1, 0.15) is 23.2 Å². The lowest BCUT2D eigenvalue weighted by Gasteiger charge is -2.11. The summed E-state index contributed by atoms with van der Waals surface area (Å²) in [6, 6.07) is 14.8. The van der Waals surface area contributed by atoms with E-state index in [4.69, 9.17) is 9.47 Å². The lowest BCUT2D eigenvalue weighted by atomic mass is 10.1. The van der Waals surface area contributed by atoms with Gasteiger partial charge in [-0.15, -0.1) is 0 Å². The van der Waals surface area contributed by atoms with E-state index in [-0.39, 0.29) is 37.4 Å². The van der Waals surface area contributed by atoms with E-state index in [0.717, 1.165) is 17.5 Å². The molecule has 0 spiro atoms. The fourth-order valence-electron chi connectivity index (χ4n) is 3.68. The molecule has 0 radical (unpaired) electrons. The predicted molar refractivity (Wildman–Crippen MR) is 140 cm³/mol. The van der Waals surface area contributed by atoms with Gasteiger partial charge in [0, 0.05) is 41.9 Å². The number of amides is 3. The molecule has 11 nitrogen and oxygen atoms in total. The van der Waals surface area contributed by atoms with Gasteiger partial charge < -0.3 is 25.4 Å². The van der Waals surface area contributed by atoms with Gasteiger partial charge in [0.1, 0.15) is 6.54 Å². The number of nitrogens with zero attached hydrogens (tertiary/aromatic N) is 2. The van der Waals surface area contributed by atoms with E-state index in [1.165, 1.54) is 20.3 Å². The lowest BCUT2D eigenvalue weighted by Crippen LogP contribution is -2.38. The minimum atomic E-state index is -0.422. The average molecular weight is 520 g/mol. The fourth-order valence-corrected chi connectivity index (χ4v) is 3.68. The number of hydrogen-bond acceptors (Lipinski definition) is 7. The van der Waals surface area contributed by atoms with Crippen LogP contribution in [-0.2, 0) is 16.1 Å². The van der Waals surface area contributed by atoms with Crippen molar-refractivity contribution >= 4 is 23.4 Å². The second kappa shape index (κ2) is 12.0. The summed E-state index contributed by atoms with van der Waals surface area (Å²) in [5, 5.41) is 12.5. The van der Waals surface area contributed by atoms with E-state index >= 15 is 0 Å². The molecule has 1 heterocycles. The summed E-state index contributed by atoms with van der Waals surface area (Å²) in [7, 11) is 3.06. The van der Waals surface area contributed by atoms with Gasteiger partial charge in [0.05, 0.1) is 19.9 Å². The molecular weight excluding hydrogens is 490 g/mol. The van der Waals surface area contributed by atoms with Crippen LogP contribution in [0.3, 0.4) is 0 Å². The Hall–Kier alpha value is -4.67. The van der Waals surface area contributed by atoms with Gasteiger partial charge in [-0.1, -0.05) is 0 Å². The first-order chi connectivity index (χ1) is 18.4. The highest BCUT2D eigenvalue weighted by molar-refractivity contribution is 5.96. The molecule has 0 aliphatic heterocycles. The number of carbonyl (C=O) groups excluding carboxylic acids is 3. The molecule has 1 fully saturated rings. The van der Waals surface area contributed by atoms with Crippen LogP contribution in [0.2, 0.25) is 0 Å². The molecule has 1 aliphatic carbocycles. The molecule has 3 aromatic rings. The number of aromatic nitrogens is 2. The van der Waals surface area contributed by atoms with Crippen molar-refractivity contribution in [2.45, 2.75) is 19.4 Å². The Kier molecular flexibility index (Phi) is 8.37. The molecule has 1 aromatic heterocycles. The largest absolute Gasteiger partial charge is 0.493 e. The summed E-state index contributed by atoms with van der Waals surface area (Å²) >= 11 is 0. The molecule has 11 heteroatoms. The first-order valence-corrected chi connectivity index (χ1v) is 12.1. The number of ether oxygens (including phenoxy) is 2. The minimum absolute atomic E-state index is 0.00287. The summed E-state index contributed by atoms with van der Waals surface area (Å²) < 4.78 is 11.6. The molecule has 0 saturated heterocycles. The Morgan fingerprint density at radius 3 is 2.32 bits per heavy atom. The maximum Gasteiger partial charge on any atom is 0.267 e. The number of benzene rings is 2. The smallest absolute Gasteiger partial charge is 0.267 e. The quantitative estimate of drug-likeness (QED) is 0.328. The molecule has 198 valence electrons. The Morgan fingerprint density at radius 1 is 0.921 bits per heavy atom. The summed E-state index contributed by atoms with van der Waals surface area (Å²) in [6.07, 6.45) is 1.84. The number of methoxy groups -OCH3 is 2. The van der Waals surface area contributed by atoms with Gasteiger partial charge in [-0.25, -0.2) is 4.68 Å². The van der Waals surface area contributed by atoms with Crippen molar-refractivity contribution in [2.75, 3.05) is 32.6 Å². The highest BCUT2D eigenvalue weighted by Crippen LogP contribution is 2.31. The molecule has 1 aliphatic rings. The molecule has 2 aromatic carbocycles. The van der Waals surface area contributed by atoms with Gasteiger partial charge in [-0.3, -0.25) is 19.2 Å². The molecule has 0 bridgehead atoms. The molecule has 4 rings (SSSR count). The second-order valence-electron chi connectivity index (χ2n) is 8.73. The van der Waals surface area contributed by atoms with E-state index in [1.807, 2.05) is 0 Å². The Bertz CT molecular complexity index is 1380. The Morgan fingerprint density at radius 2 is 1.63 bits per heavy atom. The third-order valence-corrected chi connectivity index (χ3v) is 5.93. The maximum atomic E-state index is 12.4. The topological polar surface area (TPSA) is 141 Å². The van der Waals surface area contributed by atoms with Crippen LogP contribution < -0.4 is 31.0 Å².